The third-order valence-corrected chi connectivity index (χ3v) is 2.70. The second kappa shape index (κ2) is 5.34. The Morgan fingerprint density at radius 2 is 2.14 bits per heavy atom. The van der Waals surface area contributed by atoms with Crippen LogP contribution in [-0.4, -0.2) is 20.8 Å². The van der Waals surface area contributed by atoms with Gasteiger partial charge in [0.1, 0.15) is 5.75 Å². The molecule has 0 saturated carbocycles. The molecule has 0 fully saturated rings. The summed E-state index contributed by atoms with van der Waals surface area (Å²) < 4.78 is 11.3. The summed E-state index contributed by atoms with van der Waals surface area (Å²) >= 11 is 3.39. The van der Waals surface area contributed by atoms with Gasteiger partial charge in [-0.25, -0.2) is 0 Å². The van der Waals surface area contributed by atoms with Crippen molar-refractivity contribution in [3.05, 3.63) is 28.2 Å². The Hall–Kier alpha value is -0.580. The van der Waals surface area contributed by atoms with Crippen LogP contribution in [0.25, 0.3) is 0 Å². The van der Waals surface area contributed by atoms with Gasteiger partial charge in [-0.15, -0.1) is 0 Å². The van der Waals surface area contributed by atoms with Crippen molar-refractivity contribution in [2.75, 3.05) is 20.8 Å². The Labute approximate surface area is 92.3 Å². The van der Waals surface area contributed by atoms with Crippen LogP contribution in [0.5, 0.6) is 5.75 Å². The van der Waals surface area contributed by atoms with Gasteiger partial charge < -0.3 is 15.2 Å². The second-order valence-electron chi connectivity index (χ2n) is 2.85. The molecular formula is C10H14BrNO2. The van der Waals surface area contributed by atoms with Crippen molar-refractivity contribution < 1.29 is 9.47 Å². The zero-order chi connectivity index (χ0) is 10.6. The molecular weight excluding hydrogens is 246 g/mol. The Bertz CT molecular complexity index is 300. The van der Waals surface area contributed by atoms with Gasteiger partial charge in [0.25, 0.3) is 0 Å². The molecule has 4 heteroatoms. The molecule has 1 aromatic rings. The van der Waals surface area contributed by atoms with Crippen LogP contribution in [0, 0.1) is 0 Å². The summed E-state index contributed by atoms with van der Waals surface area (Å²) in [5.41, 5.74) is 6.59. The lowest BCUT2D eigenvalue weighted by Crippen LogP contribution is -2.14. The fraction of sp³-hybridized carbons (Fsp3) is 0.400. The minimum absolute atomic E-state index is 0.0722. The molecule has 0 saturated heterocycles. The molecule has 0 aliphatic rings. The topological polar surface area (TPSA) is 44.5 Å². The second-order valence-corrected chi connectivity index (χ2v) is 3.71. The molecule has 0 amide bonds. The largest absolute Gasteiger partial charge is 0.496 e. The van der Waals surface area contributed by atoms with Crippen molar-refractivity contribution in [1.29, 1.82) is 0 Å². The Balaban J connectivity index is 2.98. The van der Waals surface area contributed by atoms with Crippen LogP contribution < -0.4 is 10.5 Å². The Kier molecular flexibility index (Phi) is 4.38. The van der Waals surface area contributed by atoms with Crippen molar-refractivity contribution in [3.63, 3.8) is 0 Å². The first-order valence-electron chi connectivity index (χ1n) is 4.29. The summed E-state index contributed by atoms with van der Waals surface area (Å²) in [6.07, 6.45) is -0.0722. The van der Waals surface area contributed by atoms with Gasteiger partial charge in [0.05, 0.1) is 17.7 Å². The zero-order valence-corrected chi connectivity index (χ0v) is 9.87. The Morgan fingerprint density at radius 3 is 2.64 bits per heavy atom. The molecule has 0 aliphatic heterocycles. The van der Waals surface area contributed by atoms with Crippen LogP contribution in [0.2, 0.25) is 0 Å². The lowest BCUT2D eigenvalue weighted by Gasteiger charge is -2.14. The molecule has 1 rings (SSSR count). The highest BCUT2D eigenvalue weighted by Crippen LogP contribution is 2.28. The molecule has 2 N–H and O–H groups in total. The smallest absolute Gasteiger partial charge is 0.133 e. The van der Waals surface area contributed by atoms with E-state index in [1.54, 1.807) is 14.2 Å². The predicted molar refractivity (Wildman–Crippen MR) is 59.5 cm³/mol. The summed E-state index contributed by atoms with van der Waals surface area (Å²) in [7, 11) is 3.28. The number of nitrogens with two attached hydrogens (primary N) is 1. The lowest BCUT2D eigenvalue weighted by atomic mass is 10.1. The number of methoxy groups -OCH3 is 2. The van der Waals surface area contributed by atoms with Crippen molar-refractivity contribution in [1.82, 2.24) is 0 Å². The summed E-state index contributed by atoms with van der Waals surface area (Å²) in [5.74, 6) is 0.790. The Morgan fingerprint density at radius 1 is 1.43 bits per heavy atom. The fourth-order valence-electron chi connectivity index (χ4n) is 1.25. The van der Waals surface area contributed by atoms with Crippen LogP contribution >= 0.6 is 15.9 Å². The standard InChI is InChI=1S/C10H14BrNO2/c1-13-9-5-7(3-4-8(9)11)10(6-12)14-2/h3-5,10H,6,12H2,1-2H3. The normalized spacial score (nSPS) is 12.6. The molecule has 3 nitrogen and oxygen atoms in total. The van der Waals surface area contributed by atoms with Crippen molar-refractivity contribution in [2.24, 2.45) is 5.73 Å². The van der Waals surface area contributed by atoms with Crippen molar-refractivity contribution >= 4 is 15.9 Å². The third kappa shape index (κ3) is 2.47. The van der Waals surface area contributed by atoms with E-state index < -0.39 is 0 Å². The van der Waals surface area contributed by atoms with Crippen LogP contribution in [0.1, 0.15) is 11.7 Å². The minimum atomic E-state index is -0.0722. The number of hydrogen-bond donors (Lipinski definition) is 1. The average molecular weight is 260 g/mol. The molecule has 1 unspecified atom stereocenters. The SMILES string of the molecule is COc1cc(C(CN)OC)ccc1Br. The third-order valence-electron chi connectivity index (χ3n) is 2.05. The number of benzene rings is 1. The number of hydrogen-bond acceptors (Lipinski definition) is 3. The van der Waals surface area contributed by atoms with E-state index in [0.717, 1.165) is 15.8 Å². The highest BCUT2D eigenvalue weighted by molar-refractivity contribution is 9.10. The van der Waals surface area contributed by atoms with E-state index in [4.69, 9.17) is 15.2 Å². The molecule has 1 aromatic carbocycles. The molecule has 78 valence electrons. The summed E-state index contributed by atoms with van der Waals surface area (Å²) in [6, 6.07) is 5.81. The summed E-state index contributed by atoms with van der Waals surface area (Å²) in [6.45, 7) is 0.460. The van der Waals surface area contributed by atoms with Crippen molar-refractivity contribution in [2.45, 2.75) is 6.10 Å². The molecule has 14 heavy (non-hydrogen) atoms. The van der Waals surface area contributed by atoms with E-state index in [-0.39, 0.29) is 6.10 Å². The number of rotatable bonds is 4. The monoisotopic (exact) mass is 259 g/mol. The summed E-state index contributed by atoms with van der Waals surface area (Å²) in [5, 5.41) is 0. The van der Waals surface area contributed by atoms with E-state index in [2.05, 4.69) is 15.9 Å². The minimum Gasteiger partial charge on any atom is -0.496 e. The van der Waals surface area contributed by atoms with Gasteiger partial charge in [0.15, 0.2) is 0 Å². The van der Waals surface area contributed by atoms with E-state index in [0.29, 0.717) is 6.54 Å². The maximum absolute atomic E-state index is 5.57. The van der Waals surface area contributed by atoms with Gasteiger partial charge in [0, 0.05) is 13.7 Å². The van der Waals surface area contributed by atoms with Crippen LogP contribution in [0.15, 0.2) is 22.7 Å². The summed E-state index contributed by atoms with van der Waals surface area (Å²) in [4.78, 5) is 0. The molecule has 0 radical (unpaired) electrons. The molecule has 1 atom stereocenters. The fourth-order valence-corrected chi connectivity index (χ4v) is 1.65. The van der Waals surface area contributed by atoms with Crippen LogP contribution in [0.3, 0.4) is 0 Å². The first-order chi connectivity index (χ1) is 6.72. The van der Waals surface area contributed by atoms with Gasteiger partial charge >= 0.3 is 0 Å². The highest BCUT2D eigenvalue weighted by atomic mass is 79.9. The van der Waals surface area contributed by atoms with Gasteiger partial charge in [-0.2, -0.15) is 0 Å². The maximum atomic E-state index is 5.57. The van der Waals surface area contributed by atoms with Gasteiger partial charge in [0.2, 0.25) is 0 Å². The molecule has 0 aromatic heterocycles. The van der Waals surface area contributed by atoms with E-state index >= 15 is 0 Å². The quantitative estimate of drug-likeness (QED) is 0.901. The molecule has 0 spiro atoms. The first-order valence-corrected chi connectivity index (χ1v) is 5.08. The lowest BCUT2D eigenvalue weighted by molar-refractivity contribution is 0.110. The van der Waals surface area contributed by atoms with Crippen molar-refractivity contribution in [3.8, 4) is 5.75 Å². The molecule has 0 bridgehead atoms. The average Bonchev–Trinajstić information content (AvgIpc) is 2.22. The number of halogens is 1. The number of ether oxygens (including phenoxy) is 2. The van der Waals surface area contributed by atoms with Gasteiger partial charge in [-0.3, -0.25) is 0 Å². The maximum Gasteiger partial charge on any atom is 0.133 e. The molecule has 0 heterocycles. The van der Waals surface area contributed by atoms with Gasteiger partial charge in [-0.1, -0.05) is 6.07 Å². The van der Waals surface area contributed by atoms with Crippen LogP contribution in [0.4, 0.5) is 0 Å². The molecule has 0 aliphatic carbocycles. The van der Waals surface area contributed by atoms with E-state index in [9.17, 15) is 0 Å². The highest BCUT2D eigenvalue weighted by Gasteiger charge is 2.10. The zero-order valence-electron chi connectivity index (χ0n) is 8.29. The first kappa shape index (κ1) is 11.5. The van der Waals surface area contributed by atoms with Crippen LogP contribution in [-0.2, 0) is 4.74 Å². The van der Waals surface area contributed by atoms with Gasteiger partial charge in [-0.05, 0) is 33.6 Å². The van der Waals surface area contributed by atoms with E-state index in [1.807, 2.05) is 18.2 Å². The predicted octanol–water partition coefficient (Wildman–Crippen LogP) is 2.10. The van der Waals surface area contributed by atoms with E-state index in [1.165, 1.54) is 0 Å².